The van der Waals surface area contributed by atoms with Gasteiger partial charge in [0.05, 0.1) is 0 Å². The second-order valence-corrected chi connectivity index (χ2v) is 5.63. The van der Waals surface area contributed by atoms with E-state index in [2.05, 4.69) is 41.7 Å². The summed E-state index contributed by atoms with van der Waals surface area (Å²) in [5.41, 5.74) is 0. The van der Waals surface area contributed by atoms with Crippen LogP contribution in [-0.2, 0) is 6.54 Å². The lowest BCUT2D eigenvalue weighted by Crippen LogP contribution is -1.93. The van der Waals surface area contributed by atoms with Crippen LogP contribution < -0.4 is 0 Å². The second kappa shape index (κ2) is 11.7. The highest BCUT2D eigenvalue weighted by Crippen LogP contribution is 2.11. The van der Waals surface area contributed by atoms with Crippen molar-refractivity contribution in [2.45, 2.75) is 70.8 Å². The molecule has 0 aliphatic heterocycles. The van der Waals surface area contributed by atoms with Gasteiger partial charge in [0.15, 0.2) is 0 Å². The van der Waals surface area contributed by atoms with E-state index < -0.39 is 0 Å². The van der Waals surface area contributed by atoms with Gasteiger partial charge < -0.3 is 4.57 Å². The maximum atomic E-state index is 4.23. The Hall–Kier alpha value is -0.370. The van der Waals surface area contributed by atoms with Crippen LogP contribution in [0, 0.1) is 0 Å². The van der Waals surface area contributed by atoms with Crippen LogP contribution in [0.3, 0.4) is 0 Å². The lowest BCUT2D eigenvalue weighted by atomic mass is 10.1. The third-order valence-corrected chi connectivity index (χ3v) is 3.81. The zero-order chi connectivity index (χ0) is 12.9. The number of aryl methyl sites for hydroxylation is 1. The van der Waals surface area contributed by atoms with Gasteiger partial charge in [0.2, 0.25) is 0 Å². The number of hydrogen-bond donors (Lipinski definition) is 1. The van der Waals surface area contributed by atoms with E-state index in [4.69, 9.17) is 0 Å². The number of thiol groups is 1. The first-order chi connectivity index (χ1) is 8.93. The van der Waals surface area contributed by atoms with Gasteiger partial charge in [-0.25, -0.2) is 0 Å². The third-order valence-electron chi connectivity index (χ3n) is 3.49. The first-order valence-corrected chi connectivity index (χ1v) is 8.28. The normalized spacial score (nSPS) is 10.9. The molecule has 0 bridgehead atoms. The van der Waals surface area contributed by atoms with Crippen LogP contribution in [0.1, 0.15) is 64.2 Å². The number of rotatable bonds is 12. The SMILES string of the molecule is SCCCCCCCCCCCCn1cccc1. The van der Waals surface area contributed by atoms with Gasteiger partial charge in [-0.3, -0.25) is 0 Å². The molecule has 1 aromatic heterocycles. The first-order valence-electron chi connectivity index (χ1n) is 7.65. The summed E-state index contributed by atoms with van der Waals surface area (Å²) in [4.78, 5) is 0. The van der Waals surface area contributed by atoms with Crippen molar-refractivity contribution >= 4 is 12.6 Å². The van der Waals surface area contributed by atoms with Crippen LogP contribution in [0.2, 0.25) is 0 Å². The van der Waals surface area contributed by atoms with Crippen molar-refractivity contribution < 1.29 is 0 Å². The van der Waals surface area contributed by atoms with E-state index in [1.54, 1.807) is 0 Å². The van der Waals surface area contributed by atoms with Gasteiger partial charge >= 0.3 is 0 Å². The molecule has 1 rings (SSSR count). The van der Waals surface area contributed by atoms with E-state index in [0.29, 0.717) is 0 Å². The molecule has 0 aliphatic rings. The summed E-state index contributed by atoms with van der Waals surface area (Å²) in [5, 5.41) is 0. The molecule has 0 radical (unpaired) electrons. The van der Waals surface area contributed by atoms with E-state index in [0.717, 1.165) is 5.75 Å². The van der Waals surface area contributed by atoms with E-state index in [1.807, 2.05) is 0 Å². The van der Waals surface area contributed by atoms with E-state index >= 15 is 0 Å². The molecule has 18 heavy (non-hydrogen) atoms. The Labute approximate surface area is 118 Å². The lowest BCUT2D eigenvalue weighted by molar-refractivity contribution is 0.536. The Balaban J connectivity index is 1.73. The molecule has 1 aromatic rings. The number of nitrogens with zero attached hydrogens (tertiary/aromatic N) is 1. The molecule has 0 fully saturated rings. The van der Waals surface area contributed by atoms with Crippen LogP contribution in [0.5, 0.6) is 0 Å². The molecule has 0 saturated heterocycles. The van der Waals surface area contributed by atoms with Crippen molar-refractivity contribution in [1.29, 1.82) is 0 Å². The second-order valence-electron chi connectivity index (χ2n) is 5.18. The standard InChI is InChI=1S/C16H29NS/c18-16-12-8-6-4-2-1-3-5-7-9-13-17-14-10-11-15-17/h10-11,14-15,18H,1-9,12-13,16H2. The van der Waals surface area contributed by atoms with Gasteiger partial charge in [0, 0.05) is 18.9 Å². The molecule has 0 unspecified atom stereocenters. The molecule has 0 N–H and O–H groups in total. The average Bonchev–Trinajstić information content (AvgIpc) is 2.89. The maximum absolute atomic E-state index is 4.23. The van der Waals surface area contributed by atoms with Crippen molar-refractivity contribution in [2.24, 2.45) is 0 Å². The van der Waals surface area contributed by atoms with Crippen molar-refractivity contribution in [2.75, 3.05) is 5.75 Å². The van der Waals surface area contributed by atoms with Crippen molar-refractivity contribution in [3.05, 3.63) is 24.5 Å². The highest BCUT2D eigenvalue weighted by atomic mass is 32.1. The predicted molar refractivity (Wildman–Crippen MR) is 84.5 cm³/mol. The van der Waals surface area contributed by atoms with E-state index in [1.165, 1.54) is 70.8 Å². The number of aromatic nitrogens is 1. The van der Waals surface area contributed by atoms with Gasteiger partial charge in [0.1, 0.15) is 0 Å². The van der Waals surface area contributed by atoms with Crippen molar-refractivity contribution in [1.82, 2.24) is 4.57 Å². The van der Waals surface area contributed by atoms with E-state index in [9.17, 15) is 0 Å². The smallest absolute Gasteiger partial charge is 0.0219 e. The van der Waals surface area contributed by atoms with Gasteiger partial charge in [-0.1, -0.05) is 51.4 Å². The Kier molecular flexibility index (Phi) is 10.2. The molecular weight excluding hydrogens is 238 g/mol. The van der Waals surface area contributed by atoms with Crippen LogP contribution in [0.4, 0.5) is 0 Å². The molecule has 1 nitrogen and oxygen atoms in total. The molecule has 0 aromatic carbocycles. The van der Waals surface area contributed by atoms with Gasteiger partial charge in [0.25, 0.3) is 0 Å². The fourth-order valence-corrected chi connectivity index (χ4v) is 2.56. The summed E-state index contributed by atoms with van der Waals surface area (Å²) in [6, 6.07) is 4.21. The molecule has 0 spiro atoms. The topological polar surface area (TPSA) is 4.93 Å². The van der Waals surface area contributed by atoms with Crippen molar-refractivity contribution in [3.8, 4) is 0 Å². The Bertz CT molecular complexity index is 256. The number of unbranched alkanes of at least 4 members (excludes halogenated alkanes) is 9. The Morgan fingerprint density at radius 2 is 1.06 bits per heavy atom. The quantitative estimate of drug-likeness (QED) is 0.386. The molecule has 0 atom stereocenters. The zero-order valence-corrected chi connectivity index (χ0v) is 12.6. The average molecular weight is 267 g/mol. The Morgan fingerprint density at radius 3 is 1.56 bits per heavy atom. The summed E-state index contributed by atoms with van der Waals surface area (Å²) in [5.74, 6) is 1.06. The summed E-state index contributed by atoms with van der Waals surface area (Å²) in [7, 11) is 0. The minimum Gasteiger partial charge on any atom is -0.354 e. The molecule has 2 heteroatoms. The van der Waals surface area contributed by atoms with Crippen LogP contribution in [-0.4, -0.2) is 10.3 Å². The molecule has 104 valence electrons. The van der Waals surface area contributed by atoms with Crippen LogP contribution in [0.25, 0.3) is 0 Å². The number of hydrogen-bond acceptors (Lipinski definition) is 1. The molecule has 0 aliphatic carbocycles. The first kappa shape index (κ1) is 15.7. The maximum Gasteiger partial charge on any atom is 0.0219 e. The van der Waals surface area contributed by atoms with E-state index in [-0.39, 0.29) is 0 Å². The third kappa shape index (κ3) is 8.68. The predicted octanol–water partition coefficient (Wildman–Crippen LogP) is 5.32. The zero-order valence-electron chi connectivity index (χ0n) is 11.7. The highest BCUT2D eigenvalue weighted by molar-refractivity contribution is 7.80. The van der Waals surface area contributed by atoms with Gasteiger partial charge in [-0.2, -0.15) is 12.6 Å². The van der Waals surface area contributed by atoms with Gasteiger partial charge in [-0.15, -0.1) is 0 Å². The van der Waals surface area contributed by atoms with Crippen LogP contribution in [0.15, 0.2) is 24.5 Å². The molecule has 1 heterocycles. The largest absolute Gasteiger partial charge is 0.354 e. The van der Waals surface area contributed by atoms with Crippen molar-refractivity contribution in [3.63, 3.8) is 0 Å². The lowest BCUT2D eigenvalue weighted by Gasteiger charge is -2.03. The molecule has 0 saturated carbocycles. The van der Waals surface area contributed by atoms with Gasteiger partial charge in [-0.05, 0) is 30.7 Å². The fourth-order valence-electron chi connectivity index (χ4n) is 2.34. The fraction of sp³-hybridized carbons (Fsp3) is 0.750. The molecular formula is C16H29NS. The summed E-state index contributed by atoms with van der Waals surface area (Å²) in [6.07, 6.45) is 18.3. The summed E-state index contributed by atoms with van der Waals surface area (Å²) >= 11 is 4.23. The summed E-state index contributed by atoms with van der Waals surface area (Å²) < 4.78 is 2.28. The minimum atomic E-state index is 1.06. The Morgan fingerprint density at radius 1 is 0.611 bits per heavy atom. The highest BCUT2D eigenvalue weighted by Gasteiger charge is 1.93. The minimum absolute atomic E-state index is 1.06. The van der Waals surface area contributed by atoms with Crippen LogP contribution >= 0.6 is 12.6 Å². The summed E-state index contributed by atoms with van der Waals surface area (Å²) in [6.45, 7) is 1.19. The molecule has 0 amide bonds. The monoisotopic (exact) mass is 267 g/mol.